The fraction of sp³-hybridized carbons (Fsp3) is 0.545. The Balaban J connectivity index is 1.50. The summed E-state index contributed by atoms with van der Waals surface area (Å²) >= 11 is 0. The number of hydrogen-bond acceptors (Lipinski definition) is 3. The molecule has 0 saturated carbocycles. The van der Waals surface area contributed by atoms with Crippen LogP contribution in [0.5, 0.6) is 0 Å². The highest BCUT2D eigenvalue weighted by molar-refractivity contribution is 5.80. The Morgan fingerprint density at radius 3 is 2.61 bits per heavy atom. The number of likely N-dealkylation sites (tertiary alicyclic amines) is 1. The van der Waals surface area contributed by atoms with Crippen LogP contribution in [0.2, 0.25) is 0 Å². The molecule has 0 spiro atoms. The minimum Gasteiger partial charge on any atom is -0.354 e. The van der Waals surface area contributed by atoms with Crippen LogP contribution in [0.1, 0.15) is 42.3 Å². The maximum Gasteiger partial charge on any atom is 0.191 e. The van der Waals surface area contributed by atoms with Gasteiger partial charge < -0.3 is 10.6 Å². The van der Waals surface area contributed by atoms with E-state index in [1.807, 2.05) is 18.8 Å². The smallest absolute Gasteiger partial charge is 0.191 e. The van der Waals surface area contributed by atoms with Crippen molar-refractivity contribution in [1.29, 1.82) is 0 Å². The first-order chi connectivity index (χ1) is 13.5. The zero-order valence-corrected chi connectivity index (χ0v) is 17.9. The highest BCUT2D eigenvalue weighted by Gasteiger charge is 2.26. The van der Waals surface area contributed by atoms with E-state index in [1.54, 1.807) is 0 Å². The van der Waals surface area contributed by atoms with Gasteiger partial charge in [-0.2, -0.15) is 5.10 Å². The predicted octanol–water partition coefficient (Wildman–Crippen LogP) is 2.76. The lowest BCUT2D eigenvalue weighted by Crippen LogP contribution is -2.51. The largest absolute Gasteiger partial charge is 0.354 e. The van der Waals surface area contributed by atoms with E-state index in [0.29, 0.717) is 12.1 Å². The SMILES string of the molecule is CN=C(NCc1c(C)nn(C)c1C)NC1CCN(Cc2ccccc2)C(C)C1. The zero-order chi connectivity index (χ0) is 20.1. The summed E-state index contributed by atoms with van der Waals surface area (Å²) in [6.45, 7) is 9.37. The fourth-order valence-electron chi connectivity index (χ4n) is 4.04. The van der Waals surface area contributed by atoms with Crippen LogP contribution in [0.15, 0.2) is 35.3 Å². The van der Waals surface area contributed by atoms with Crippen LogP contribution in [0.25, 0.3) is 0 Å². The number of guanidine groups is 1. The number of nitrogens with one attached hydrogen (secondary N) is 2. The van der Waals surface area contributed by atoms with Gasteiger partial charge in [0.25, 0.3) is 0 Å². The molecule has 2 unspecified atom stereocenters. The van der Waals surface area contributed by atoms with E-state index in [1.165, 1.54) is 16.8 Å². The number of benzene rings is 1. The van der Waals surface area contributed by atoms with Crippen LogP contribution >= 0.6 is 0 Å². The normalized spacial score (nSPS) is 21.0. The minimum atomic E-state index is 0.448. The molecule has 2 N–H and O–H groups in total. The number of piperidine rings is 1. The first-order valence-corrected chi connectivity index (χ1v) is 10.2. The van der Waals surface area contributed by atoms with Crippen LogP contribution in [0, 0.1) is 13.8 Å². The van der Waals surface area contributed by atoms with Gasteiger partial charge in [0, 0.05) is 57.1 Å². The summed E-state index contributed by atoms with van der Waals surface area (Å²) in [6.07, 6.45) is 2.25. The summed E-state index contributed by atoms with van der Waals surface area (Å²) in [4.78, 5) is 7.00. The molecular weight excluding hydrogens is 348 g/mol. The van der Waals surface area contributed by atoms with E-state index in [4.69, 9.17) is 0 Å². The molecule has 6 heteroatoms. The van der Waals surface area contributed by atoms with Crippen molar-refractivity contribution in [3.05, 3.63) is 52.8 Å². The molecule has 2 heterocycles. The lowest BCUT2D eigenvalue weighted by atomic mass is 9.97. The maximum atomic E-state index is 4.49. The second-order valence-electron chi connectivity index (χ2n) is 7.87. The van der Waals surface area contributed by atoms with Gasteiger partial charge in [0.05, 0.1) is 5.69 Å². The molecule has 1 aliphatic rings. The predicted molar refractivity (Wildman–Crippen MR) is 115 cm³/mol. The molecule has 6 nitrogen and oxygen atoms in total. The molecule has 1 aromatic carbocycles. The van der Waals surface area contributed by atoms with Gasteiger partial charge in [-0.05, 0) is 39.2 Å². The Kier molecular flexibility index (Phi) is 6.73. The number of aliphatic imine (C=N–C) groups is 1. The van der Waals surface area contributed by atoms with Crippen molar-refractivity contribution in [3.8, 4) is 0 Å². The van der Waals surface area contributed by atoms with Gasteiger partial charge in [-0.3, -0.25) is 14.6 Å². The first kappa shape index (κ1) is 20.4. The van der Waals surface area contributed by atoms with Crippen molar-refractivity contribution in [1.82, 2.24) is 25.3 Å². The Hall–Kier alpha value is -2.34. The quantitative estimate of drug-likeness (QED) is 0.617. The molecule has 1 aliphatic heterocycles. The monoisotopic (exact) mass is 382 g/mol. The summed E-state index contributed by atoms with van der Waals surface area (Å²) in [6, 6.07) is 11.7. The second-order valence-corrected chi connectivity index (χ2v) is 7.87. The van der Waals surface area contributed by atoms with Gasteiger partial charge in [-0.1, -0.05) is 30.3 Å². The Morgan fingerprint density at radius 2 is 2.00 bits per heavy atom. The van der Waals surface area contributed by atoms with Gasteiger partial charge in [-0.15, -0.1) is 0 Å². The number of hydrogen-bond donors (Lipinski definition) is 2. The molecule has 1 saturated heterocycles. The number of nitrogens with zero attached hydrogens (tertiary/aromatic N) is 4. The summed E-state index contributed by atoms with van der Waals surface area (Å²) in [5, 5.41) is 11.6. The number of aromatic nitrogens is 2. The standard InChI is InChI=1S/C22H34N6/c1-16-13-20(11-12-28(16)15-19-9-7-6-8-10-19)25-22(23-4)24-14-21-17(2)26-27(5)18(21)3/h6-10,16,20H,11-15H2,1-5H3,(H2,23,24,25). The van der Waals surface area contributed by atoms with E-state index in [-0.39, 0.29) is 0 Å². The van der Waals surface area contributed by atoms with Gasteiger partial charge >= 0.3 is 0 Å². The van der Waals surface area contributed by atoms with Crippen LogP contribution in [0.4, 0.5) is 0 Å². The highest BCUT2D eigenvalue weighted by Crippen LogP contribution is 2.20. The molecule has 1 fully saturated rings. The summed E-state index contributed by atoms with van der Waals surface area (Å²) in [5.41, 5.74) is 4.91. The molecule has 3 rings (SSSR count). The molecule has 0 bridgehead atoms. The number of rotatable bonds is 5. The van der Waals surface area contributed by atoms with Crippen LogP contribution in [-0.4, -0.2) is 46.3 Å². The summed E-state index contributed by atoms with van der Waals surface area (Å²) in [5.74, 6) is 0.872. The molecule has 28 heavy (non-hydrogen) atoms. The summed E-state index contributed by atoms with van der Waals surface area (Å²) < 4.78 is 1.94. The van der Waals surface area contributed by atoms with Gasteiger partial charge in [-0.25, -0.2) is 0 Å². The van der Waals surface area contributed by atoms with Crippen molar-refractivity contribution >= 4 is 5.96 Å². The van der Waals surface area contributed by atoms with Gasteiger partial charge in [0.15, 0.2) is 5.96 Å². The third-order valence-corrected chi connectivity index (χ3v) is 5.90. The fourth-order valence-corrected chi connectivity index (χ4v) is 4.04. The molecule has 1 aromatic heterocycles. The van der Waals surface area contributed by atoms with Crippen molar-refractivity contribution in [3.63, 3.8) is 0 Å². The van der Waals surface area contributed by atoms with Crippen molar-refractivity contribution < 1.29 is 0 Å². The lowest BCUT2D eigenvalue weighted by Gasteiger charge is -2.38. The van der Waals surface area contributed by atoms with Crippen molar-refractivity contribution in [2.24, 2.45) is 12.0 Å². The molecule has 2 aromatic rings. The van der Waals surface area contributed by atoms with E-state index < -0.39 is 0 Å². The summed E-state index contributed by atoms with van der Waals surface area (Å²) in [7, 11) is 3.83. The molecule has 152 valence electrons. The zero-order valence-electron chi connectivity index (χ0n) is 17.9. The third kappa shape index (κ3) is 4.93. The van der Waals surface area contributed by atoms with E-state index in [9.17, 15) is 0 Å². The molecule has 0 aliphatic carbocycles. The molecular formula is C22H34N6. The van der Waals surface area contributed by atoms with Crippen LogP contribution in [-0.2, 0) is 20.1 Å². The van der Waals surface area contributed by atoms with E-state index in [0.717, 1.165) is 44.1 Å². The Bertz CT molecular complexity index is 795. The highest BCUT2D eigenvalue weighted by atomic mass is 15.3. The Morgan fingerprint density at radius 1 is 1.25 bits per heavy atom. The Labute approximate surface area is 169 Å². The van der Waals surface area contributed by atoms with E-state index >= 15 is 0 Å². The van der Waals surface area contributed by atoms with Crippen molar-refractivity contribution in [2.75, 3.05) is 13.6 Å². The van der Waals surface area contributed by atoms with Crippen LogP contribution in [0.3, 0.4) is 0 Å². The molecule has 0 amide bonds. The van der Waals surface area contributed by atoms with Gasteiger partial charge in [0.2, 0.25) is 0 Å². The topological polar surface area (TPSA) is 57.5 Å². The second kappa shape index (κ2) is 9.24. The molecule has 0 radical (unpaired) electrons. The average Bonchev–Trinajstić information content (AvgIpc) is 2.93. The molecule has 2 atom stereocenters. The lowest BCUT2D eigenvalue weighted by molar-refractivity contribution is 0.134. The average molecular weight is 383 g/mol. The third-order valence-electron chi connectivity index (χ3n) is 5.90. The number of aryl methyl sites for hydroxylation is 2. The van der Waals surface area contributed by atoms with Crippen molar-refractivity contribution in [2.45, 2.75) is 58.8 Å². The van der Waals surface area contributed by atoms with Crippen LogP contribution < -0.4 is 10.6 Å². The van der Waals surface area contributed by atoms with Gasteiger partial charge in [0.1, 0.15) is 0 Å². The van der Waals surface area contributed by atoms with E-state index in [2.05, 4.69) is 76.7 Å². The minimum absolute atomic E-state index is 0.448. The maximum absolute atomic E-state index is 4.49. The first-order valence-electron chi connectivity index (χ1n) is 10.2.